The van der Waals surface area contributed by atoms with E-state index < -0.39 is 24.7 Å². The van der Waals surface area contributed by atoms with E-state index >= 15 is 0 Å². The predicted molar refractivity (Wildman–Crippen MR) is 82.9 cm³/mol. The maximum absolute atomic E-state index is 12.8. The van der Waals surface area contributed by atoms with Gasteiger partial charge in [0.2, 0.25) is 0 Å². The van der Waals surface area contributed by atoms with Crippen LogP contribution in [0.4, 0.5) is 13.2 Å². The minimum absolute atomic E-state index is 0.209. The number of hydrogen-bond donors (Lipinski definition) is 0. The second kappa shape index (κ2) is 9.08. The van der Waals surface area contributed by atoms with Crippen molar-refractivity contribution in [3.63, 3.8) is 0 Å². The number of carbonyl (C=O) groups excluding carboxylic acids is 1. The molecule has 1 aromatic rings. The van der Waals surface area contributed by atoms with Gasteiger partial charge in [-0.3, -0.25) is 4.79 Å². The van der Waals surface area contributed by atoms with Gasteiger partial charge in [0.05, 0.1) is 18.2 Å². The number of nitrogens with zero attached hydrogens (tertiary/aromatic N) is 2. The molecule has 0 bridgehead atoms. The minimum atomic E-state index is -4.51. The predicted octanol–water partition coefficient (Wildman–Crippen LogP) is 3.43. The van der Waals surface area contributed by atoms with Crippen LogP contribution in [0.2, 0.25) is 0 Å². The average Bonchev–Trinajstić information content (AvgIpc) is 2.53. The minimum Gasteiger partial charge on any atom is -0.368 e. The highest BCUT2D eigenvalue weighted by atomic mass is 19.4. The molecule has 0 aliphatic rings. The Labute approximate surface area is 139 Å². The molecule has 7 heteroatoms. The third-order valence-electron chi connectivity index (χ3n) is 3.18. The molecule has 1 aromatic carbocycles. The van der Waals surface area contributed by atoms with E-state index in [1.807, 2.05) is 6.07 Å². The van der Waals surface area contributed by atoms with Crippen LogP contribution in [0, 0.1) is 11.3 Å². The number of nitriles is 1. The molecule has 1 rings (SSSR count). The summed E-state index contributed by atoms with van der Waals surface area (Å²) < 4.78 is 43.5. The molecule has 0 aliphatic heterocycles. The smallest absolute Gasteiger partial charge is 0.368 e. The van der Waals surface area contributed by atoms with Gasteiger partial charge in [-0.05, 0) is 31.0 Å². The summed E-state index contributed by atoms with van der Waals surface area (Å²) in [5.74, 6) is -0.735. The molecule has 1 amide bonds. The molecule has 1 atom stereocenters. The Bertz CT molecular complexity index is 591. The zero-order valence-electron chi connectivity index (χ0n) is 13.3. The van der Waals surface area contributed by atoms with Crippen LogP contribution >= 0.6 is 0 Å². The van der Waals surface area contributed by atoms with Crippen molar-refractivity contribution in [2.45, 2.75) is 32.2 Å². The Morgan fingerprint density at radius 3 is 2.54 bits per heavy atom. The summed E-state index contributed by atoms with van der Waals surface area (Å²) in [7, 11) is 0. The van der Waals surface area contributed by atoms with Crippen molar-refractivity contribution < 1.29 is 22.7 Å². The maximum atomic E-state index is 12.8. The van der Waals surface area contributed by atoms with E-state index in [1.165, 1.54) is 31.2 Å². The summed E-state index contributed by atoms with van der Waals surface area (Å²) in [5.41, 5.74) is 0.901. The molecule has 0 N–H and O–H groups in total. The van der Waals surface area contributed by atoms with Gasteiger partial charge in [-0.2, -0.15) is 18.4 Å². The van der Waals surface area contributed by atoms with Crippen molar-refractivity contribution >= 4 is 5.91 Å². The van der Waals surface area contributed by atoms with Crippen LogP contribution < -0.4 is 0 Å². The zero-order chi connectivity index (χ0) is 18.2. The molecule has 0 heterocycles. The van der Waals surface area contributed by atoms with Gasteiger partial charge in [0.25, 0.3) is 5.91 Å². The van der Waals surface area contributed by atoms with Crippen LogP contribution in [0.15, 0.2) is 36.9 Å². The van der Waals surface area contributed by atoms with Crippen LogP contribution in [0.25, 0.3) is 0 Å². The molecule has 0 aromatic heterocycles. The number of halogens is 3. The Kier molecular flexibility index (Phi) is 7.46. The number of benzene rings is 1. The molecule has 0 saturated heterocycles. The van der Waals surface area contributed by atoms with Gasteiger partial charge >= 0.3 is 6.18 Å². The first-order valence-electron chi connectivity index (χ1n) is 7.34. The monoisotopic (exact) mass is 340 g/mol. The van der Waals surface area contributed by atoms with Gasteiger partial charge < -0.3 is 9.64 Å². The summed E-state index contributed by atoms with van der Waals surface area (Å²) in [4.78, 5) is 13.0. The Balaban J connectivity index is 2.84. The molecule has 1 unspecified atom stereocenters. The summed E-state index contributed by atoms with van der Waals surface area (Å²) in [6.45, 7) is 3.58. The fourth-order valence-electron chi connectivity index (χ4n) is 1.99. The van der Waals surface area contributed by atoms with Crippen LogP contribution in [0.5, 0.6) is 0 Å². The van der Waals surface area contributed by atoms with Gasteiger partial charge in [0.15, 0.2) is 0 Å². The summed E-state index contributed by atoms with van der Waals surface area (Å²) in [6, 6.07) is 7.97. The first-order valence-corrected chi connectivity index (χ1v) is 7.34. The highest BCUT2D eigenvalue weighted by Gasteiger charge is 2.34. The number of amides is 1. The van der Waals surface area contributed by atoms with Gasteiger partial charge in [-0.25, -0.2) is 0 Å². The van der Waals surface area contributed by atoms with Gasteiger partial charge in [-0.1, -0.05) is 18.2 Å². The quantitative estimate of drug-likeness (QED) is 0.538. The first kappa shape index (κ1) is 19.7. The van der Waals surface area contributed by atoms with Crippen LogP contribution in [-0.4, -0.2) is 36.2 Å². The van der Waals surface area contributed by atoms with Crippen molar-refractivity contribution in [2.24, 2.45) is 0 Å². The van der Waals surface area contributed by atoms with Crippen LogP contribution in [0.1, 0.15) is 24.5 Å². The number of hydrogen-bond acceptors (Lipinski definition) is 3. The largest absolute Gasteiger partial charge is 0.406 e. The van der Waals surface area contributed by atoms with Crippen LogP contribution in [0.3, 0.4) is 0 Å². The second-order valence-corrected chi connectivity index (χ2v) is 5.21. The van der Waals surface area contributed by atoms with Crippen molar-refractivity contribution in [3.8, 4) is 6.07 Å². The molecule has 0 saturated carbocycles. The van der Waals surface area contributed by atoms with Crippen molar-refractivity contribution in [3.05, 3.63) is 48.0 Å². The van der Waals surface area contributed by atoms with E-state index in [9.17, 15) is 18.0 Å². The third-order valence-corrected chi connectivity index (χ3v) is 3.18. The lowest BCUT2D eigenvalue weighted by molar-refractivity contribution is -0.168. The molecular weight excluding hydrogens is 321 g/mol. The Hall–Kier alpha value is -2.33. The average molecular weight is 340 g/mol. The number of ether oxygens (including phenoxy) is 1. The zero-order valence-corrected chi connectivity index (χ0v) is 13.3. The van der Waals surface area contributed by atoms with E-state index in [2.05, 4.69) is 6.58 Å². The molecule has 4 nitrogen and oxygen atoms in total. The number of carbonyl (C=O) groups is 1. The lowest BCUT2D eigenvalue weighted by Crippen LogP contribution is -2.43. The topological polar surface area (TPSA) is 53.3 Å². The number of alkyl halides is 3. The van der Waals surface area contributed by atoms with E-state index in [4.69, 9.17) is 10.00 Å². The highest BCUT2D eigenvalue weighted by Crippen LogP contribution is 2.19. The SMILES string of the molecule is C=CCCOC(C)C(=O)N(Cc1ccc(C#N)cc1)CC(F)(F)F. The fraction of sp³-hybridized carbons (Fsp3) is 0.412. The maximum Gasteiger partial charge on any atom is 0.406 e. The standard InChI is InChI=1S/C17H19F3N2O2/c1-3-4-9-24-13(2)16(23)22(12-17(18,19)20)11-15-7-5-14(10-21)6-8-15/h3,5-8,13H,1,4,9,11-12H2,2H3. The molecule has 0 radical (unpaired) electrons. The lowest BCUT2D eigenvalue weighted by Gasteiger charge is -2.27. The summed E-state index contributed by atoms with van der Waals surface area (Å²) in [6.07, 6.45) is -3.39. The van der Waals surface area contributed by atoms with Crippen molar-refractivity contribution in [2.75, 3.05) is 13.2 Å². The van der Waals surface area contributed by atoms with Crippen LogP contribution in [-0.2, 0) is 16.1 Å². The van der Waals surface area contributed by atoms with Gasteiger partial charge in [-0.15, -0.1) is 6.58 Å². The molecule has 24 heavy (non-hydrogen) atoms. The van der Waals surface area contributed by atoms with Crippen molar-refractivity contribution in [1.82, 2.24) is 4.90 Å². The normalized spacial score (nSPS) is 12.3. The first-order chi connectivity index (χ1) is 11.3. The molecule has 130 valence electrons. The lowest BCUT2D eigenvalue weighted by atomic mass is 10.1. The fourth-order valence-corrected chi connectivity index (χ4v) is 1.99. The van der Waals surface area contributed by atoms with E-state index in [0.717, 1.165) is 0 Å². The third kappa shape index (κ3) is 6.84. The second-order valence-electron chi connectivity index (χ2n) is 5.21. The summed E-state index contributed by atoms with van der Waals surface area (Å²) in [5, 5.41) is 8.74. The number of rotatable bonds is 8. The Morgan fingerprint density at radius 2 is 2.04 bits per heavy atom. The highest BCUT2D eigenvalue weighted by molar-refractivity contribution is 5.80. The van der Waals surface area contributed by atoms with Gasteiger partial charge in [0.1, 0.15) is 12.6 Å². The molecular formula is C17H19F3N2O2. The Morgan fingerprint density at radius 1 is 1.42 bits per heavy atom. The van der Waals surface area contributed by atoms with Gasteiger partial charge in [0, 0.05) is 6.54 Å². The van der Waals surface area contributed by atoms with Crippen molar-refractivity contribution in [1.29, 1.82) is 5.26 Å². The molecule has 0 fully saturated rings. The van der Waals surface area contributed by atoms with E-state index in [1.54, 1.807) is 6.08 Å². The summed E-state index contributed by atoms with van der Waals surface area (Å²) >= 11 is 0. The molecule has 0 spiro atoms. The van der Waals surface area contributed by atoms with E-state index in [-0.39, 0.29) is 13.2 Å². The van der Waals surface area contributed by atoms with E-state index in [0.29, 0.717) is 22.4 Å². The molecule has 0 aliphatic carbocycles.